The molecule has 1 aliphatic carbocycles. The van der Waals surface area contributed by atoms with Crippen LogP contribution in [0.1, 0.15) is 37.2 Å². The van der Waals surface area contributed by atoms with Gasteiger partial charge < -0.3 is 4.74 Å². The number of rotatable bonds is 4. The van der Waals surface area contributed by atoms with E-state index in [9.17, 15) is 0 Å². The Labute approximate surface area is 98.1 Å². The van der Waals surface area contributed by atoms with Crippen LogP contribution in [-0.2, 0) is 4.74 Å². The third-order valence-electron chi connectivity index (χ3n) is 3.39. The fourth-order valence-electron chi connectivity index (χ4n) is 2.49. The minimum absolute atomic E-state index is 0.456. The summed E-state index contributed by atoms with van der Waals surface area (Å²) in [6, 6.07) is 10.8. The zero-order chi connectivity index (χ0) is 11.2. The van der Waals surface area contributed by atoms with Crippen molar-refractivity contribution >= 4 is 0 Å². The van der Waals surface area contributed by atoms with Crippen LogP contribution in [0.25, 0.3) is 0 Å². The standard InChI is InChI=1S/C15H20O/c1-2-12-16-15-10-8-14(9-11-15)13-6-4-3-5-7-13/h2-7,14-15H,1,8-12H2/t14-,15+. The third-order valence-corrected chi connectivity index (χ3v) is 3.39. The molecule has 16 heavy (non-hydrogen) atoms. The quantitative estimate of drug-likeness (QED) is 0.693. The Morgan fingerprint density at radius 1 is 1.12 bits per heavy atom. The van der Waals surface area contributed by atoms with Gasteiger partial charge in [-0.1, -0.05) is 36.4 Å². The van der Waals surface area contributed by atoms with Gasteiger partial charge in [-0.3, -0.25) is 0 Å². The molecule has 1 nitrogen and oxygen atoms in total. The Balaban J connectivity index is 1.83. The Bertz CT molecular complexity index is 309. The topological polar surface area (TPSA) is 9.23 Å². The second-order valence-corrected chi connectivity index (χ2v) is 4.51. The lowest BCUT2D eigenvalue weighted by atomic mass is 9.83. The van der Waals surface area contributed by atoms with Gasteiger partial charge in [0.25, 0.3) is 0 Å². The summed E-state index contributed by atoms with van der Waals surface area (Å²) < 4.78 is 5.70. The summed E-state index contributed by atoms with van der Waals surface area (Å²) >= 11 is 0. The van der Waals surface area contributed by atoms with E-state index in [2.05, 4.69) is 36.9 Å². The van der Waals surface area contributed by atoms with Gasteiger partial charge in [0.15, 0.2) is 0 Å². The minimum atomic E-state index is 0.456. The molecule has 0 N–H and O–H groups in total. The van der Waals surface area contributed by atoms with Gasteiger partial charge in [0.1, 0.15) is 0 Å². The predicted molar refractivity (Wildman–Crippen MR) is 67.6 cm³/mol. The summed E-state index contributed by atoms with van der Waals surface area (Å²) in [4.78, 5) is 0. The zero-order valence-corrected chi connectivity index (χ0v) is 9.77. The molecule has 1 fully saturated rings. The summed E-state index contributed by atoms with van der Waals surface area (Å²) in [5, 5.41) is 0. The molecule has 86 valence electrons. The maximum atomic E-state index is 5.70. The number of hydrogen-bond acceptors (Lipinski definition) is 1. The van der Waals surface area contributed by atoms with Crippen molar-refractivity contribution in [3.05, 3.63) is 48.6 Å². The van der Waals surface area contributed by atoms with Gasteiger partial charge in [0.2, 0.25) is 0 Å². The average Bonchev–Trinajstić information content (AvgIpc) is 2.38. The van der Waals surface area contributed by atoms with Gasteiger partial charge in [0, 0.05) is 0 Å². The molecular formula is C15H20O. The summed E-state index contributed by atoms with van der Waals surface area (Å²) in [5.41, 5.74) is 1.49. The molecule has 1 saturated carbocycles. The lowest BCUT2D eigenvalue weighted by Crippen LogP contribution is -2.20. The van der Waals surface area contributed by atoms with Crippen LogP contribution in [0.15, 0.2) is 43.0 Å². The molecule has 0 aliphatic heterocycles. The van der Waals surface area contributed by atoms with E-state index in [1.54, 1.807) is 0 Å². The van der Waals surface area contributed by atoms with Crippen LogP contribution < -0.4 is 0 Å². The molecule has 1 aliphatic rings. The molecule has 0 unspecified atom stereocenters. The highest BCUT2D eigenvalue weighted by molar-refractivity contribution is 5.19. The Kier molecular flexibility index (Phi) is 4.17. The first-order valence-electron chi connectivity index (χ1n) is 6.17. The van der Waals surface area contributed by atoms with Crippen LogP contribution in [0.3, 0.4) is 0 Å². The van der Waals surface area contributed by atoms with Crippen molar-refractivity contribution in [3.63, 3.8) is 0 Å². The van der Waals surface area contributed by atoms with Crippen LogP contribution in [0.2, 0.25) is 0 Å². The Morgan fingerprint density at radius 2 is 1.81 bits per heavy atom. The average molecular weight is 216 g/mol. The molecule has 0 bridgehead atoms. The Hall–Kier alpha value is -1.08. The van der Waals surface area contributed by atoms with Gasteiger partial charge in [-0.2, -0.15) is 0 Å². The fourth-order valence-corrected chi connectivity index (χ4v) is 2.49. The lowest BCUT2D eigenvalue weighted by molar-refractivity contribution is 0.0424. The van der Waals surface area contributed by atoms with Crippen LogP contribution >= 0.6 is 0 Å². The van der Waals surface area contributed by atoms with Crippen molar-refractivity contribution < 1.29 is 4.74 Å². The van der Waals surface area contributed by atoms with Crippen LogP contribution in [0, 0.1) is 0 Å². The highest BCUT2D eigenvalue weighted by Gasteiger charge is 2.22. The van der Waals surface area contributed by atoms with Crippen molar-refractivity contribution in [2.75, 3.05) is 6.61 Å². The van der Waals surface area contributed by atoms with Gasteiger partial charge >= 0.3 is 0 Å². The van der Waals surface area contributed by atoms with Crippen molar-refractivity contribution in [2.45, 2.75) is 37.7 Å². The molecular weight excluding hydrogens is 196 g/mol. The number of ether oxygens (including phenoxy) is 1. The van der Waals surface area contributed by atoms with Crippen LogP contribution in [0.4, 0.5) is 0 Å². The molecule has 0 aromatic heterocycles. The molecule has 0 amide bonds. The largest absolute Gasteiger partial charge is 0.374 e. The highest BCUT2D eigenvalue weighted by Crippen LogP contribution is 2.33. The van der Waals surface area contributed by atoms with E-state index in [1.807, 2.05) is 6.08 Å². The fraction of sp³-hybridized carbons (Fsp3) is 0.467. The summed E-state index contributed by atoms with van der Waals surface area (Å²) in [5.74, 6) is 0.741. The van der Waals surface area contributed by atoms with Crippen molar-refractivity contribution in [1.82, 2.24) is 0 Å². The summed E-state index contributed by atoms with van der Waals surface area (Å²) in [7, 11) is 0. The van der Waals surface area contributed by atoms with Gasteiger partial charge in [-0.05, 0) is 37.2 Å². The van der Waals surface area contributed by atoms with Crippen LogP contribution in [0.5, 0.6) is 0 Å². The zero-order valence-electron chi connectivity index (χ0n) is 9.77. The molecule has 0 radical (unpaired) electrons. The number of hydrogen-bond donors (Lipinski definition) is 0. The highest BCUT2D eigenvalue weighted by atomic mass is 16.5. The lowest BCUT2D eigenvalue weighted by Gasteiger charge is -2.28. The van der Waals surface area contributed by atoms with E-state index in [-0.39, 0.29) is 0 Å². The normalized spacial score (nSPS) is 25.2. The van der Waals surface area contributed by atoms with Gasteiger partial charge in [-0.25, -0.2) is 0 Å². The van der Waals surface area contributed by atoms with E-state index in [4.69, 9.17) is 4.74 Å². The third kappa shape index (κ3) is 2.96. The maximum absolute atomic E-state index is 5.70. The molecule has 1 heteroatoms. The first-order chi connectivity index (χ1) is 7.90. The first-order valence-corrected chi connectivity index (χ1v) is 6.17. The molecule has 0 heterocycles. The molecule has 0 atom stereocenters. The summed E-state index contributed by atoms with van der Waals surface area (Å²) in [6.07, 6.45) is 7.18. The molecule has 1 aromatic carbocycles. The Morgan fingerprint density at radius 3 is 2.44 bits per heavy atom. The smallest absolute Gasteiger partial charge is 0.0648 e. The predicted octanol–water partition coefficient (Wildman–Crippen LogP) is 3.92. The van der Waals surface area contributed by atoms with Crippen LogP contribution in [-0.4, -0.2) is 12.7 Å². The summed E-state index contributed by atoms with van der Waals surface area (Å²) in [6.45, 7) is 4.38. The van der Waals surface area contributed by atoms with E-state index in [1.165, 1.54) is 31.2 Å². The van der Waals surface area contributed by atoms with Gasteiger partial charge in [-0.15, -0.1) is 6.58 Å². The van der Waals surface area contributed by atoms with E-state index in [0.29, 0.717) is 12.7 Å². The molecule has 0 saturated heterocycles. The van der Waals surface area contributed by atoms with Crippen molar-refractivity contribution in [3.8, 4) is 0 Å². The molecule has 1 aromatic rings. The minimum Gasteiger partial charge on any atom is -0.374 e. The van der Waals surface area contributed by atoms with E-state index < -0.39 is 0 Å². The van der Waals surface area contributed by atoms with E-state index in [0.717, 1.165) is 5.92 Å². The molecule has 0 spiro atoms. The first kappa shape index (κ1) is 11.4. The SMILES string of the molecule is C=CCO[C@H]1CC[C@@H](c2ccccc2)CC1. The van der Waals surface area contributed by atoms with E-state index >= 15 is 0 Å². The monoisotopic (exact) mass is 216 g/mol. The maximum Gasteiger partial charge on any atom is 0.0648 e. The second kappa shape index (κ2) is 5.86. The van der Waals surface area contributed by atoms with Gasteiger partial charge in [0.05, 0.1) is 12.7 Å². The number of benzene rings is 1. The second-order valence-electron chi connectivity index (χ2n) is 4.51. The van der Waals surface area contributed by atoms with Crippen molar-refractivity contribution in [1.29, 1.82) is 0 Å². The molecule has 2 rings (SSSR count). The van der Waals surface area contributed by atoms with Crippen molar-refractivity contribution in [2.24, 2.45) is 0 Å².